The molecule has 1 aromatic heterocycles. The summed E-state index contributed by atoms with van der Waals surface area (Å²) in [5.41, 5.74) is 1.82. The summed E-state index contributed by atoms with van der Waals surface area (Å²) < 4.78 is 0. The number of nitrogens with zero attached hydrogens (tertiary/aromatic N) is 3. The van der Waals surface area contributed by atoms with Crippen molar-refractivity contribution in [2.24, 2.45) is 5.92 Å². The van der Waals surface area contributed by atoms with E-state index in [9.17, 15) is 14.4 Å². The summed E-state index contributed by atoms with van der Waals surface area (Å²) >= 11 is 0. The molecule has 24 heavy (non-hydrogen) atoms. The van der Waals surface area contributed by atoms with Gasteiger partial charge in [0.15, 0.2) is 0 Å². The summed E-state index contributed by atoms with van der Waals surface area (Å²) in [5, 5.41) is 0. The van der Waals surface area contributed by atoms with Crippen LogP contribution in [0.1, 0.15) is 25.8 Å². The molecule has 0 N–H and O–H groups in total. The van der Waals surface area contributed by atoms with Gasteiger partial charge in [0.1, 0.15) is 6.54 Å². The summed E-state index contributed by atoms with van der Waals surface area (Å²) in [5.74, 6) is -1.17. The lowest BCUT2D eigenvalue weighted by Crippen LogP contribution is -2.43. The number of imide groups is 1. The number of hydrogen-bond donors (Lipinski definition) is 0. The Morgan fingerprint density at radius 2 is 2.04 bits per heavy atom. The summed E-state index contributed by atoms with van der Waals surface area (Å²) in [6, 6.07) is 3.66. The highest BCUT2D eigenvalue weighted by Crippen LogP contribution is 2.23. The van der Waals surface area contributed by atoms with Crippen molar-refractivity contribution in [1.82, 2.24) is 14.8 Å². The van der Waals surface area contributed by atoms with Gasteiger partial charge in [0.25, 0.3) is 0 Å². The minimum Gasteiger partial charge on any atom is -0.337 e. The Bertz CT molecular complexity index is 642. The number of aromatic nitrogens is 1. The smallest absolute Gasteiger partial charge is 0.243 e. The molecule has 0 spiro atoms. The van der Waals surface area contributed by atoms with Crippen molar-refractivity contribution in [3.05, 3.63) is 42.2 Å². The van der Waals surface area contributed by atoms with Crippen molar-refractivity contribution in [3.63, 3.8) is 0 Å². The fourth-order valence-corrected chi connectivity index (χ4v) is 2.82. The SMILES string of the molecule is C=C(C)CN(CC)C(=O)CN1C(=O)CC(Cc2ccncc2)C1=O. The molecule has 0 radical (unpaired) electrons. The third-order valence-corrected chi connectivity index (χ3v) is 4.06. The summed E-state index contributed by atoms with van der Waals surface area (Å²) in [4.78, 5) is 43.6. The first kappa shape index (κ1) is 17.8. The summed E-state index contributed by atoms with van der Waals surface area (Å²) in [6.07, 6.45) is 3.96. The highest BCUT2D eigenvalue weighted by molar-refractivity contribution is 6.06. The molecule has 0 aromatic carbocycles. The van der Waals surface area contributed by atoms with Gasteiger partial charge in [0, 0.05) is 31.9 Å². The summed E-state index contributed by atoms with van der Waals surface area (Å²) in [7, 11) is 0. The number of carbonyl (C=O) groups excluding carboxylic acids is 3. The van der Waals surface area contributed by atoms with Crippen LogP contribution in [0, 0.1) is 5.92 Å². The van der Waals surface area contributed by atoms with E-state index in [4.69, 9.17) is 0 Å². The third kappa shape index (κ3) is 4.28. The maximum absolute atomic E-state index is 12.5. The molecule has 6 heteroatoms. The van der Waals surface area contributed by atoms with Gasteiger partial charge in [0.05, 0.1) is 5.92 Å². The predicted octanol–water partition coefficient (Wildman–Crippen LogP) is 1.42. The number of amides is 3. The molecule has 2 rings (SSSR count). The maximum atomic E-state index is 12.5. The molecule has 3 amide bonds. The van der Waals surface area contributed by atoms with E-state index >= 15 is 0 Å². The number of pyridine rings is 1. The van der Waals surface area contributed by atoms with E-state index in [-0.39, 0.29) is 30.7 Å². The lowest BCUT2D eigenvalue weighted by atomic mass is 9.99. The van der Waals surface area contributed by atoms with Crippen LogP contribution in [0.3, 0.4) is 0 Å². The fourth-order valence-electron chi connectivity index (χ4n) is 2.82. The zero-order valence-electron chi connectivity index (χ0n) is 14.2. The molecule has 1 unspecified atom stereocenters. The molecule has 2 heterocycles. The Morgan fingerprint density at radius 1 is 1.38 bits per heavy atom. The van der Waals surface area contributed by atoms with Crippen LogP contribution in [0.4, 0.5) is 0 Å². The maximum Gasteiger partial charge on any atom is 0.243 e. The number of likely N-dealkylation sites (N-methyl/N-ethyl adjacent to an activating group) is 1. The van der Waals surface area contributed by atoms with E-state index in [1.807, 2.05) is 26.0 Å². The van der Waals surface area contributed by atoms with Crippen molar-refractivity contribution in [3.8, 4) is 0 Å². The van der Waals surface area contributed by atoms with Crippen LogP contribution < -0.4 is 0 Å². The average molecular weight is 329 g/mol. The second-order valence-electron chi connectivity index (χ2n) is 6.14. The number of carbonyl (C=O) groups is 3. The first-order valence-electron chi connectivity index (χ1n) is 8.07. The van der Waals surface area contributed by atoms with E-state index in [0.29, 0.717) is 19.5 Å². The zero-order chi connectivity index (χ0) is 17.7. The molecular weight excluding hydrogens is 306 g/mol. The van der Waals surface area contributed by atoms with Crippen molar-refractivity contribution in [2.45, 2.75) is 26.7 Å². The molecule has 1 fully saturated rings. The van der Waals surface area contributed by atoms with Gasteiger partial charge in [-0.25, -0.2) is 0 Å². The van der Waals surface area contributed by atoms with Crippen LogP contribution in [-0.2, 0) is 20.8 Å². The van der Waals surface area contributed by atoms with E-state index < -0.39 is 5.92 Å². The van der Waals surface area contributed by atoms with Gasteiger partial charge in [0.2, 0.25) is 17.7 Å². The Kier molecular flexibility index (Phi) is 5.84. The van der Waals surface area contributed by atoms with Crippen LogP contribution in [0.15, 0.2) is 36.7 Å². The molecule has 1 aliphatic rings. The fraction of sp³-hybridized carbons (Fsp3) is 0.444. The van der Waals surface area contributed by atoms with Crippen LogP contribution in [0.5, 0.6) is 0 Å². The normalized spacial score (nSPS) is 17.2. The Morgan fingerprint density at radius 3 is 2.62 bits per heavy atom. The van der Waals surface area contributed by atoms with E-state index in [2.05, 4.69) is 11.6 Å². The minimum absolute atomic E-state index is 0.154. The highest BCUT2D eigenvalue weighted by atomic mass is 16.2. The number of likely N-dealkylation sites (tertiary alicyclic amines) is 1. The molecule has 6 nitrogen and oxygen atoms in total. The molecule has 0 saturated carbocycles. The standard InChI is InChI=1S/C18H23N3O3/c1-4-20(11-13(2)3)17(23)12-21-16(22)10-15(18(21)24)9-14-5-7-19-8-6-14/h5-8,15H,2,4,9-12H2,1,3H3. The van der Waals surface area contributed by atoms with Crippen molar-refractivity contribution < 1.29 is 14.4 Å². The second-order valence-corrected chi connectivity index (χ2v) is 6.14. The van der Waals surface area contributed by atoms with Crippen LogP contribution in [0.2, 0.25) is 0 Å². The van der Waals surface area contributed by atoms with Gasteiger partial charge in [-0.15, -0.1) is 0 Å². The van der Waals surface area contributed by atoms with Gasteiger partial charge in [-0.1, -0.05) is 12.2 Å². The lowest BCUT2D eigenvalue weighted by Gasteiger charge is -2.23. The van der Waals surface area contributed by atoms with Crippen molar-refractivity contribution in [1.29, 1.82) is 0 Å². The van der Waals surface area contributed by atoms with Gasteiger partial charge in [-0.05, 0) is 38.0 Å². The van der Waals surface area contributed by atoms with Crippen molar-refractivity contribution >= 4 is 17.7 Å². The van der Waals surface area contributed by atoms with Gasteiger partial charge < -0.3 is 4.90 Å². The number of hydrogen-bond acceptors (Lipinski definition) is 4. The first-order valence-corrected chi connectivity index (χ1v) is 8.07. The molecule has 128 valence electrons. The largest absolute Gasteiger partial charge is 0.337 e. The minimum atomic E-state index is -0.399. The zero-order valence-corrected chi connectivity index (χ0v) is 14.2. The van der Waals surface area contributed by atoms with Gasteiger partial charge >= 0.3 is 0 Å². The monoisotopic (exact) mass is 329 g/mol. The Labute approximate surface area is 142 Å². The molecule has 0 bridgehead atoms. The molecule has 0 aliphatic carbocycles. The second kappa shape index (κ2) is 7.86. The first-order chi connectivity index (χ1) is 11.4. The molecule has 1 aromatic rings. The molecule has 1 atom stereocenters. The van der Waals surface area contributed by atoms with E-state index in [0.717, 1.165) is 16.0 Å². The molecule has 1 saturated heterocycles. The topological polar surface area (TPSA) is 70.6 Å². The van der Waals surface area contributed by atoms with Crippen LogP contribution >= 0.6 is 0 Å². The van der Waals surface area contributed by atoms with Crippen LogP contribution in [-0.4, -0.2) is 52.1 Å². The highest BCUT2D eigenvalue weighted by Gasteiger charge is 2.39. The third-order valence-electron chi connectivity index (χ3n) is 4.06. The predicted molar refractivity (Wildman–Crippen MR) is 89.8 cm³/mol. The van der Waals surface area contributed by atoms with E-state index in [1.54, 1.807) is 17.3 Å². The Balaban J connectivity index is 2.01. The van der Waals surface area contributed by atoms with E-state index in [1.165, 1.54) is 0 Å². The lowest BCUT2D eigenvalue weighted by molar-refractivity contribution is -0.146. The average Bonchev–Trinajstić information content (AvgIpc) is 2.80. The van der Waals surface area contributed by atoms with Crippen molar-refractivity contribution in [2.75, 3.05) is 19.6 Å². The quantitative estimate of drug-likeness (QED) is 0.560. The Hall–Kier alpha value is -2.50. The van der Waals surface area contributed by atoms with Gasteiger partial charge in [-0.3, -0.25) is 24.3 Å². The molecule has 1 aliphatic heterocycles. The van der Waals surface area contributed by atoms with Crippen LogP contribution in [0.25, 0.3) is 0 Å². The molecular formula is C18H23N3O3. The summed E-state index contributed by atoms with van der Waals surface area (Å²) in [6.45, 7) is 8.27. The van der Waals surface area contributed by atoms with Gasteiger partial charge in [-0.2, -0.15) is 0 Å². The number of rotatable bonds is 7.